The van der Waals surface area contributed by atoms with Gasteiger partial charge in [-0.1, -0.05) is 0 Å². The van der Waals surface area contributed by atoms with Crippen LogP contribution in [0.4, 0.5) is 18.0 Å². The van der Waals surface area contributed by atoms with E-state index < -0.39 is 18.8 Å². The lowest BCUT2D eigenvalue weighted by Gasteiger charge is -2.22. The summed E-state index contributed by atoms with van der Waals surface area (Å²) >= 11 is 0. The van der Waals surface area contributed by atoms with Gasteiger partial charge in [-0.3, -0.25) is 0 Å². The number of carbonyl (C=O) groups excluding carboxylic acids is 1. The van der Waals surface area contributed by atoms with Crippen LogP contribution in [0.25, 0.3) is 0 Å². The molecule has 0 bridgehead atoms. The second-order valence-corrected chi connectivity index (χ2v) is 4.19. The zero-order valence-corrected chi connectivity index (χ0v) is 9.05. The Morgan fingerprint density at radius 2 is 2.12 bits per heavy atom. The molecule has 0 aromatic heterocycles. The number of hydrogen-bond acceptors (Lipinski definition) is 2. The molecule has 0 saturated heterocycles. The summed E-state index contributed by atoms with van der Waals surface area (Å²) in [5, 5.41) is 2.54. The molecule has 0 aromatic rings. The summed E-state index contributed by atoms with van der Waals surface area (Å²) in [7, 11) is 1.12. The van der Waals surface area contributed by atoms with Gasteiger partial charge in [-0.05, 0) is 19.3 Å². The molecule has 0 heterocycles. The van der Waals surface area contributed by atoms with Crippen molar-refractivity contribution in [2.24, 2.45) is 5.73 Å². The molecule has 0 radical (unpaired) electrons. The van der Waals surface area contributed by atoms with E-state index in [0.717, 1.165) is 19.9 Å². The zero-order chi connectivity index (χ0) is 12.3. The molecule has 16 heavy (non-hydrogen) atoms. The van der Waals surface area contributed by atoms with Crippen LogP contribution in [0, 0.1) is 0 Å². The van der Waals surface area contributed by atoms with Crippen LogP contribution in [0.3, 0.4) is 0 Å². The Balaban J connectivity index is 2.34. The van der Waals surface area contributed by atoms with E-state index in [1.807, 2.05) is 0 Å². The minimum Gasteiger partial charge on any atom is -0.335 e. The highest BCUT2D eigenvalue weighted by atomic mass is 19.4. The van der Waals surface area contributed by atoms with Crippen molar-refractivity contribution in [1.29, 1.82) is 0 Å². The molecule has 7 heteroatoms. The Kier molecular flexibility index (Phi) is 4.01. The van der Waals surface area contributed by atoms with Crippen molar-refractivity contribution in [2.75, 3.05) is 13.6 Å². The minimum atomic E-state index is -4.36. The van der Waals surface area contributed by atoms with Crippen molar-refractivity contribution >= 4 is 6.03 Å². The summed E-state index contributed by atoms with van der Waals surface area (Å²) in [4.78, 5) is 12.0. The Hall–Kier alpha value is -0.980. The summed E-state index contributed by atoms with van der Waals surface area (Å²) in [6.07, 6.45) is -2.20. The number of carbonyl (C=O) groups is 1. The molecule has 3 N–H and O–H groups in total. The highest BCUT2D eigenvalue weighted by Gasteiger charge is 2.32. The topological polar surface area (TPSA) is 58.4 Å². The molecule has 0 spiro atoms. The van der Waals surface area contributed by atoms with Gasteiger partial charge < -0.3 is 16.0 Å². The fourth-order valence-corrected chi connectivity index (χ4v) is 1.77. The third-order valence-electron chi connectivity index (χ3n) is 2.56. The van der Waals surface area contributed by atoms with Gasteiger partial charge >= 0.3 is 12.2 Å². The van der Waals surface area contributed by atoms with Crippen LogP contribution < -0.4 is 11.1 Å². The van der Waals surface area contributed by atoms with Crippen molar-refractivity contribution < 1.29 is 18.0 Å². The molecular formula is C9H16F3N3O. The first kappa shape index (κ1) is 13.1. The van der Waals surface area contributed by atoms with Gasteiger partial charge in [0.1, 0.15) is 6.54 Å². The average molecular weight is 239 g/mol. The van der Waals surface area contributed by atoms with E-state index >= 15 is 0 Å². The number of urea groups is 1. The van der Waals surface area contributed by atoms with Gasteiger partial charge in [0.05, 0.1) is 0 Å². The second-order valence-electron chi connectivity index (χ2n) is 4.19. The summed E-state index contributed by atoms with van der Waals surface area (Å²) in [5.74, 6) is 0. The van der Waals surface area contributed by atoms with Gasteiger partial charge in [0, 0.05) is 19.1 Å². The van der Waals surface area contributed by atoms with Crippen LogP contribution in [0.2, 0.25) is 0 Å². The zero-order valence-electron chi connectivity index (χ0n) is 9.05. The van der Waals surface area contributed by atoms with E-state index in [1.54, 1.807) is 0 Å². The van der Waals surface area contributed by atoms with Crippen molar-refractivity contribution in [3.8, 4) is 0 Å². The number of amides is 2. The van der Waals surface area contributed by atoms with Crippen LogP contribution in [0.5, 0.6) is 0 Å². The molecule has 1 aliphatic rings. The molecule has 1 fully saturated rings. The van der Waals surface area contributed by atoms with Crippen molar-refractivity contribution in [3.05, 3.63) is 0 Å². The van der Waals surface area contributed by atoms with Crippen LogP contribution in [0.15, 0.2) is 0 Å². The second kappa shape index (κ2) is 4.90. The fourth-order valence-electron chi connectivity index (χ4n) is 1.77. The molecule has 1 rings (SSSR count). The van der Waals surface area contributed by atoms with Crippen molar-refractivity contribution in [2.45, 2.75) is 37.5 Å². The summed E-state index contributed by atoms with van der Waals surface area (Å²) in [5.41, 5.74) is 5.63. The number of nitrogens with zero attached hydrogens (tertiary/aromatic N) is 1. The van der Waals surface area contributed by atoms with Crippen molar-refractivity contribution in [3.63, 3.8) is 0 Å². The Morgan fingerprint density at radius 1 is 1.50 bits per heavy atom. The average Bonchev–Trinajstić information content (AvgIpc) is 2.48. The first-order chi connectivity index (χ1) is 7.28. The Morgan fingerprint density at radius 3 is 2.56 bits per heavy atom. The van der Waals surface area contributed by atoms with Gasteiger partial charge in [0.2, 0.25) is 0 Å². The first-order valence-electron chi connectivity index (χ1n) is 5.12. The molecule has 0 aliphatic heterocycles. The summed E-state index contributed by atoms with van der Waals surface area (Å²) in [6, 6.07) is -0.757. The fraction of sp³-hybridized carbons (Fsp3) is 0.889. The highest BCUT2D eigenvalue weighted by Crippen LogP contribution is 2.18. The van der Waals surface area contributed by atoms with E-state index in [-0.39, 0.29) is 12.1 Å². The molecule has 2 atom stereocenters. The van der Waals surface area contributed by atoms with E-state index in [0.29, 0.717) is 11.3 Å². The third-order valence-corrected chi connectivity index (χ3v) is 2.56. The lowest BCUT2D eigenvalue weighted by Crippen LogP contribution is -2.45. The monoisotopic (exact) mass is 239 g/mol. The number of nitrogens with two attached hydrogens (primary N) is 1. The number of hydrogen-bond donors (Lipinski definition) is 2. The summed E-state index contributed by atoms with van der Waals surface area (Å²) in [6.45, 7) is -1.24. The van der Waals surface area contributed by atoms with Crippen LogP contribution >= 0.6 is 0 Å². The molecule has 1 aliphatic carbocycles. The SMILES string of the molecule is CN(CC(F)(F)F)C(=O)NC1CCC(N)C1. The van der Waals surface area contributed by atoms with Crippen LogP contribution in [-0.4, -0.2) is 42.8 Å². The van der Waals surface area contributed by atoms with Gasteiger partial charge in [-0.2, -0.15) is 13.2 Å². The van der Waals surface area contributed by atoms with Gasteiger partial charge in [-0.25, -0.2) is 4.79 Å². The molecule has 4 nitrogen and oxygen atoms in total. The highest BCUT2D eigenvalue weighted by molar-refractivity contribution is 5.74. The number of nitrogens with one attached hydrogen (secondary N) is 1. The molecule has 0 aromatic carbocycles. The lowest BCUT2D eigenvalue weighted by molar-refractivity contribution is -0.137. The molecule has 94 valence electrons. The van der Waals surface area contributed by atoms with Crippen molar-refractivity contribution in [1.82, 2.24) is 10.2 Å². The molecule has 2 unspecified atom stereocenters. The van der Waals surface area contributed by atoms with Gasteiger partial charge in [-0.15, -0.1) is 0 Å². The van der Waals surface area contributed by atoms with Crippen LogP contribution in [-0.2, 0) is 0 Å². The lowest BCUT2D eigenvalue weighted by atomic mass is 10.2. The van der Waals surface area contributed by atoms with Gasteiger partial charge in [0.25, 0.3) is 0 Å². The first-order valence-corrected chi connectivity index (χ1v) is 5.12. The predicted octanol–water partition coefficient (Wildman–Crippen LogP) is 1.07. The van der Waals surface area contributed by atoms with Gasteiger partial charge in [0.15, 0.2) is 0 Å². The standard InChI is InChI=1S/C9H16F3N3O/c1-15(5-9(10,11)12)8(16)14-7-3-2-6(13)4-7/h6-7H,2-5,13H2,1H3,(H,14,16). The normalized spacial score (nSPS) is 25.6. The number of halogens is 3. The maximum atomic E-state index is 12.0. The smallest absolute Gasteiger partial charge is 0.335 e. The molecular weight excluding hydrogens is 223 g/mol. The molecule has 2 amide bonds. The molecule has 1 saturated carbocycles. The van der Waals surface area contributed by atoms with E-state index in [4.69, 9.17) is 5.73 Å². The third kappa shape index (κ3) is 4.26. The van der Waals surface area contributed by atoms with E-state index in [9.17, 15) is 18.0 Å². The maximum Gasteiger partial charge on any atom is 0.406 e. The number of alkyl halides is 3. The maximum absolute atomic E-state index is 12.0. The quantitative estimate of drug-likeness (QED) is 0.757. The van der Waals surface area contributed by atoms with E-state index in [2.05, 4.69) is 5.32 Å². The Labute approximate surface area is 92.0 Å². The Bertz CT molecular complexity index is 257. The summed E-state index contributed by atoms with van der Waals surface area (Å²) < 4.78 is 36.0. The van der Waals surface area contributed by atoms with E-state index in [1.165, 1.54) is 0 Å². The number of rotatable bonds is 2. The largest absolute Gasteiger partial charge is 0.406 e. The van der Waals surface area contributed by atoms with Crippen LogP contribution in [0.1, 0.15) is 19.3 Å². The predicted molar refractivity (Wildman–Crippen MR) is 52.8 cm³/mol. The minimum absolute atomic E-state index is 0.0400.